The van der Waals surface area contributed by atoms with Gasteiger partial charge >= 0.3 is 0 Å². The highest BCUT2D eigenvalue weighted by molar-refractivity contribution is 7.10. The summed E-state index contributed by atoms with van der Waals surface area (Å²) in [5.41, 5.74) is 0. The molecule has 1 aromatic heterocycles. The third-order valence-corrected chi connectivity index (χ3v) is 3.11. The van der Waals surface area contributed by atoms with Crippen LogP contribution in [-0.4, -0.2) is 17.8 Å². The highest BCUT2D eigenvalue weighted by atomic mass is 32.1. The summed E-state index contributed by atoms with van der Waals surface area (Å²) >= 11 is 1.78. The molecule has 0 aromatic carbocycles. The van der Waals surface area contributed by atoms with Crippen molar-refractivity contribution in [3.05, 3.63) is 22.4 Å². The molecular formula is C11H19NOS. The minimum absolute atomic E-state index is 0.269. The number of aliphatic hydroxyl groups excluding tert-OH is 1. The molecule has 1 aromatic rings. The number of rotatable bonds is 6. The van der Waals surface area contributed by atoms with Crippen LogP contribution in [0, 0.1) is 0 Å². The molecule has 2 atom stereocenters. The van der Waals surface area contributed by atoms with Crippen LogP contribution in [0.5, 0.6) is 0 Å². The predicted molar refractivity (Wildman–Crippen MR) is 61.7 cm³/mol. The van der Waals surface area contributed by atoms with E-state index in [1.165, 1.54) is 4.88 Å². The van der Waals surface area contributed by atoms with Gasteiger partial charge in [-0.2, -0.15) is 0 Å². The monoisotopic (exact) mass is 213 g/mol. The molecule has 14 heavy (non-hydrogen) atoms. The molecule has 1 rings (SSSR count). The Balaban J connectivity index is 2.47. The van der Waals surface area contributed by atoms with Gasteiger partial charge in [-0.15, -0.1) is 11.3 Å². The Hall–Kier alpha value is -0.380. The average Bonchev–Trinajstić information content (AvgIpc) is 2.64. The molecule has 0 aliphatic carbocycles. The first-order chi connectivity index (χ1) is 6.74. The fourth-order valence-electron chi connectivity index (χ4n) is 1.44. The summed E-state index contributed by atoms with van der Waals surface area (Å²) in [4.78, 5) is 1.37. The second-order valence-corrected chi connectivity index (χ2v) is 4.59. The van der Waals surface area contributed by atoms with E-state index in [0.717, 1.165) is 12.8 Å². The second-order valence-electron chi connectivity index (χ2n) is 3.61. The van der Waals surface area contributed by atoms with Gasteiger partial charge in [-0.25, -0.2) is 0 Å². The van der Waals surface area contributed by atoms with E-state index >= 15 is 0 Å². The van der Waals surface area contributed by atoms with Crippen LogP contribution in [0.1, 0.15) is 37.6 Å². The van der Waals surface area contributed by atoms with E-state index in [0.29, 0.717) is 12.6 Å². The molecule has 0 saturated carbocycles. The first-order valence-corrected chi connectivity index (χ1v) is 6.06. The van der Waals surface area contributed by atoms with Crippen LogP contribution in [0.3, 0.4) is 0 Å². The smallest absolute Gasteiger partial charge is 0.0636 e. The van der Waals surface area contributed by atoms with Gasteiger partial charge in [0, 0.05) is 17.5 Å². The molecule has 0 saturated heterocycles. The third kappa shape index (κ3) is 3.78. The topological polar surface area (TPSA) is 32.3 Å². The number of aliphatic hydroxyl groups is 1. The quantitative estimate of drug-likeness (QED) is 0.761. The maximum atomic E-state index is 9.21. The Morgan fingerprint density at radius 3 is 2.86 bits per heavy atom. The Morgan fingerprint density at radius 1 is 1.57 bits per heavy atom. The number of hydrogen-bond donors (Lipinski definition) is 2. The van der Waals surface area contributed by atoms with Gasteiger partial charge in [-0.1, -0.05) is 19.4 Å². The molecule has 0 bridgehead atoms. The number of hydrogen-bond acceptors (Lipinski definition) is 3. The number of thiophene rings is 1. The van der Waals surface area contributed by atoms with Crippen molar-refractivity contribution in [1.82, 2.24) is 5.32 Å². The average molecular weight is 213 g/mol. The lowest BCUT2D eigenvalue weighted by molar-refractivity contribution is 0.185. The normalized spacial score (nSPS) is 15.4. The summed E-state index contributed by atoms with van der Waals surface area (Å²) in [5, 5.41) is 14.7. The SMILES string of the molecule is CCCC(NC[C@H](C)O)c1cccs1. The largest absolute Gasteiger partial charge is 0.392 e. The van der Waals surface area contributed by atoms with Gasteiger partial charge in [0.15, 0.2) is 0 Å². The fourth-order valence-corrected chi connectivity index (χ4v) is 2.27. The fraction of sp³-hybridized carbons (Fsp3) is 0.636. The molecule has 0 aliphatic heterocycles. The minimum Gasteiger partial charge on any atom is -0.392 e. The van der Waals surface area contributed by atoms with Crippen molar-refractivity contribution in [3.8, 4) is 0 Å². The Labute approximate surface area is 90.0 Å². The van der Waals surface area contributed by atoms with Crippen LogP contribution < -0.4 is 5.32 Å². The van der Waals surface area contributed by atoms with Crippen LogP contribution in [0.4, 0.5) is 0 Å². The van der Waals surface area contributed by atoms with E-state index in [1.54, 1.807) is 11.3 Å². The maximum absolute atomic E-state index is 9.21. The van der Waals surface area contributed by atoms with Gasteiger partial charge < -0.3 is 10.4 Å². The van der Waals surface area contributed by atoms with Crippen molar-refractivity contribution >= 4 is 11.3 Å². The zero-order valence-corrected chi connectivity index (χ0v) is 9.68. The molecule has 0 spiro atoms. The van der Waals surface area contributed by atoms with Gasteiger partial charge in [0.1, 0.15) is 0 Å². The summed E-state index contributed by atoms with van der Waals surface area (Å²) in [6.07, 6.45) is 2.03. The molecule has 1 unspecified atom stereocenters. The molecule has 3 heteroatoms. The summed E-state index contributed by atoms with van der Waals surface area (Å²) in [7, 11) is 0. The lowest BCUT2D eigenvalue weighted by atomic mass is 10.1. The minimum atomic E-state index is -0.269. The lowest BCUT2D eigenvalue weighted by Crippen LogP contribution is -2.28. The van der Waals surface area contributed by atoms with Crippen LogP contribution in [-0.2, 0) is 0 Å². The van der Waals surface area contributed by atoms with E-state index in [9.17, 15) is 5.11 Å². The van der Waals surface area contributed by atoms with Crippen LogP contribution in [0.15, 0.2) is 17.5 Å². The molecule has 1 heterocycles. The van der Waals surface area contributed by atoms with Crippen molar-refractivity contribution in [2.45, 2.75) is 38.8 Å². The lowest BCUT2D eigenvalue weighted by Gasteiger charge is -2.17. The highest BCUT2D eigenvalue weighted by Crippen LogP contribution is 2.22. The molecule has 0 fully saturated rings. The number of nitrogens with one attached hydrogen (secondary N) is 1. The van der Waals surface area contributed by atoms with Crippen LogP contribution >= 0.6 is 11.3 Å². The van der Waals surface area contributed by atoms with Gasteiger partial charge in [0.2, 0.25) is 0 Å². The van der Waals surface area contributed by atoms with E-state index in [-0.39, 0.29) is 6.10 Å². The standard InChI is InChI=1S/C11H19NOS/c1-3-5-10(12-8-9(2)13)11-6-4-7-14-11/h4,6-7,9-10,12-13H,3,5,8H2,1-2H3/t9-,10?/m0/s1. The summed E-state index contributed by atoms with van der Waals surface area (Å²) in [5.74, 6) is 0. The molecule has 0 aliphatic rings. The molecule has 2 N–H and O–H groups in total. The molecule has 80 valence electrons. The molecular weight excluding hydrogens is 194 g/mol. The van der Waals surface area contributed by atoms with Gasteiger partial charge in [0.05, 0.1) is 6.10 Å². The second kappa shape index (κ2) is 6.17. The van der Waals surface area contributed by atoms with Crippen molar-refractivity contribution in [3.63, 3.8) is 0 Å². The van der Waals surface area contributed by atoms with E-state index in [2.05, 4.69) is 29.8 Å². The zero-order valence-electron chi connectivity index (χ0n) is 8.86. The van der Waals surface area contributed by atoms with E-state index in [1.807, 2.05) is 6.92 Å². The van der Waals surface area contributed by atoms with Crippen molar-refractivity contribution < 1.29 is 5.11 Å². The van der Waals surface area contributed by atoms with Crippen LogP contribution in [0.25, 0.3) is 0 Å². The summed E-state index contributed by atoms with van der Waals surface area (Å²) < 4.78 is 0. The molecule has 2 nitrogen and oxygen atoms in total. The first kappa shape index (κ1) is 11.7. The first-order valence-electron chi connectivity index (χ1n) is 5.19. The van der Waals surface area contributed by atoms with Gasteiger partial charge in [0.25, 0.3) is 0 Å². The highest BCUT2D eigenvalue weighted by Gasteiger charge is 2.11. The van der Waals surface area contributed by atoms with E-state index < -0.39 is 0 Å². The Bertz CT molecular complexity index is 233. The zero-order chi connectivity index (χ0) is 10.4. The van der Waals surface area contributed by atoms with Gasteiger partial charge in [-0.3, -0.25) is 0 Å². The third-order valence-electron chi connectivity index (χ3n) is 2.12. The summed E-state index contributed by atoms with van der Waals surface area (Å²) in [6.45, 7) is 4.66. The molecule has 0 radical (unpaired) electrons. The Morgan fingerprint density at radius 2 is 2.36 bits per heavy atom. The molecule has 0 amide bonds. The van der Waals surface area contributed by atoms with Gasteiger partial charge in [-0.05, 0) is 24.8 Å². The Kier molecular flexibility index (Phi) is 5.15. The predicted octanol–water partition coefficient (Wildman–Crippen LogP) is 2.56. The van der Waals surface area contributed by atoms with Crippen molar-refractivity contribution in [2.24, 2.45) is 0 Å². The van der Waals surface area contributed by atoms with Crippen molar-refractivity contribution in [1.29, 1.82) is 0 Å². The van der Waals surface area contributed by atoms with Crippen molar-refractivity contribution in [2.75, 3.05) is 6.54 Å². The maximum Gasteiger partial charge on any atom is 0.0636 e. The summed E-state index contributed by atoms with van der Waals surface area (Å²) in [6, 6.07) is 4.64. The van der Waals surface area contributed by atoms with Crippen LogP contribution in [0.2, 0.25) is 0 Å². The van der Waals surface area contributed by atoms with E-state index in [4.69, 9.17) is 0 Å².